The molecule has 39 heteroatoms. The van der Waals surface area contributed by atoms with Crippen molar-refractivity contribution in [1.82, 2.24) is 14.8 Å². The second-order valence-corrected chi connectivity index (χ2v) is 20.5. The Hall–Kier alpha value is -2.75. The predicted octanol–water partition coefficient (Wildman–Crippen LogP) is -16.1. The number of primary amides is 1. The number of carbonyl (C=O) groups is 1. The second kappa shape index (κ2) is 28.2. The maximum Gasteiger partial charge on any atom is 0.288 e. The number of amides is 1. The minimum absolute atomic E-state index is 0.220. The Morgan fingerprint density at radius 3 is 0.747 bits per heavy atom. The molecule has 23 N–H and O–H groups in total. The molecular weight excluding hydrogens is 1140 g/mol. The third-order valence-electron chi connectivity index (χ3n) is 15.2. The van der Waals surface area contributed by atoms with Crippen LogP contribution < -0.4 is 5.73 Å². The SMILES string of the molecule is NC(=O)c1ncn([C@@H]2O[C@H](CO)[C@@H](O)[C@H]2O)n1.OC[C@H]1O[C@@H]2O[C@H]3[C@H](O)[C@@H](O)[C@@H](O[C@H]4[C@H](O)[C@@H](O)[C@@H](O[C@H]5[C@H](O)[C@@H](O)[C@@H](O[C@H]6[C@H](O)[C@@H](O)[C@@H](O[C@H]7[C@H](O)[C@@H](O)[C@@H](O[C@H]1[C@H](O)[C@H]2O)O[C@@H]7CO)O[C@@H]6CO)O[C@@H]5CO)O[C@@H]4CO)O[C@@H]3CO. The molecule has 0 saturated carbocycles. The summed E-state index contributed by atoms with van der Waals surface area (Å²) in [6.07, 6.45) is -61.7. The van der Waals surface area contributed by atoms with Crippen molar-refractivity contribution in [3.8, 4) is 0 Å². The zero-order valence-electron chi connectivity index (χ0n) is 43.2. The summed E-state index contributed by atoms with van der Waals surface area (Å²) in [5.74, 6) is -1.03. The van der Waals surface area contributed by atoms with Gasteiger partial charge in [-0.1, -0.05) is 0 Å². The molecule has 83 heavy (non-hydrogen) atoms. The molecule has 24 heterocycles. The van der Waals surface area contributed by atoms with Gasteiger partial charge in [-0.2, -0.15) is 0 Å². The van der Waals surface area contributed by atoms with Crippen molar-refractivity contribution < 1.29 is 174 Å². The fraction of sp³-hybridized carbons (Fsp3) is 0.932. The van der Waals surface area contributed by atoms with Crippen LogP contribution in [0, 0.1) is 0 Å². The Bertz CT molecular complexity index is 1910. The molecule has 24 rings (SSSR count). The van der Waals surface area contributed by atoms with Gasteiger partial charge in [0.15, 0.2) is 44.0 Å². The number of nitrogens with two attached hydrogens (primary N) is 1. The van der Waals surface area contributed by atoms with Crippen molar-refractivity contribution in [2.24, 2.45) is 5.73 Å². The van der Waals surface area contributed by atoms with Gasteiger partial charge in [0.1, 0.15) is 171 Å². The van der Waals surface area contributed by atoms with Gasteiger partial charge in [0.05, 0.1) is 46.2 Å². The largest absolute Gasteiger partial charge is 0.394 e. The fourth-order valence-corrected chi connectivity index (χ4v) is 10.5. The molecule has 12 bridgehead atoms. The molecule has 0 aromatic carbocycles. The minimum atomic E-state index is -2.15. The molecule has 23 aliphatic heterocycles. The van der Waals surface area contributed by atoms with Gasteiger partial charge < -0.3 is 175 Å². The number of aromatic nitrogens is 3. The molecule has 0 radical (unpaired) electrons. The van der Waals surface area contributed by atoms with Gasteiger partial charge in [0, 0.05) is 0 Å². The van der Waals surface area contributed by atoms with Gasteiger partial charge in [0.25, 0.3) is 5.91 Å². The monoisotopic (exact) mass is 1220 g/mol. The van der Waals surface area contributed by atoms with Crippen molar-refractivity contribution >= 4 is 5.91 Å². The Morgan fingerprint density at radius 1 is 0.337 bits per heavy atom. The minimum Gasteiger partial charge on any atom is -0.394 e. The number of aliphatic hydroxyl groups is 21. The van der Waals surface area contributed by atoms with E-state index >= 15 is 0 Å². The molecule has 0 aliphatic carbocycles. The van der Waals surface area contributed by atoms with E-state index in [1.807, 2.05) is 0 Å². The molecule has 1 amide bonds. The Labute approximate surface area is 466 Å². The van der Waals surface area contributed by atoms with Crippen LogP contribution in [0.1, 0.15) is 16.8 Å². The van der Waals surface area contributed by atoms with Crippen LogP contribution in [0.2, 0.25) is 0 Å². The number of aliphatic hydroxyl groups excluding tert-OH is 21. The summed E-state index contributed by atoms with van der Waals surface area (Å²) in [5, 5.41) is 227. The van der Waals surface area contributed by atoms with Crippen molar-refractivity contribution in [3.05, 3.63) is 12.2 Å². The maximum absolute atomic E-state index is 11.2. The first-order valence-electron chi connectivity index (χ1n) is 26.0. The van der Waals surface area contributed by atoms with E-state index in [-0.39, 0.29) is 5.82 Å². The highest BCUT2D eigenvalue weighted by molar-refractivity contribution is 5.88. The molecule has 39 nitrogen and oxygen atoms in total. The van der Waals surface area contributed by atoms with Gasteiger partial charge in [-0.05, 0) is 0 Å². The normalized spacial score (nSPS) is 50.8. The zero-order valence-corrected chi connectivity index (χ0v) is 43.2. The average Bonchev–Trinajstić information content (AvgIpc) is 3.97. The quantitative estimate of drug-likeness (QED) is 0.109. The molecule has 0 unspecified atom stereocenters. The van der Waals surface area contributed by atoms with Crippen LogP contribution in [-0.2, 0) is 61.6 Å². The highest BCUT2D eigenvalue weighted by atomic mass is 16.8. The molecular formula is C44H72N4O35. The van der Waals surface area contributed by atoms with E-state index in [9.17, 15) is 107 Å². The summed E-state index contributed by atoms with van der Waals surface area (Å²) in [7, 11) is 0. The lowest BCUT2D eigenvalue weighted by molar-refractivity contribution is -0.404. The Kier molecular flexibility index (Phi) is 22.5. The van der Waals surface area contributed by atoms with Crippen LogP contribution >= 0.6 is 0 Å². The van der Waals surface area contributed by atoms with Crippen molar-refractivity contribution in [2.75, 3.05) is 46.2 Å². The number of hydrogen-bond acceptors (Lipinski definition) is 37. The van der Waals surface area contributed by atoms with E-state index in [4.69, 9.17) is 72.4 Å². The van der Waals surface area contributed by atoms with Gasteiger partial charge in [0.2, 0.25) is 5.82 Å². The first-order chi connectivity index (χ1) is 39.5. The summed E-state index contributed by atoms with van der Waals surface area (Å²) >= 11 is 0. The van der Waals surface area contributed by atoms with Gasteiger partial charge in [-0.25, -0.2) is 9.67 Å². The van der Waals surface area contributed by atoms with Gasteiger partial charge in [-0.3, -0.25) is 4.79 Å². The number of nitrogens with zero attached hydrogens (tertiary/aromatic N) is 3. The zero-order chi connectivity index (χ0) is 60.6. The van der Waals surface area contributed by atoms with E-state index in [2.05, 4.69) is 10.1 Å². The molecule has 23 aliphatic rings. The van der Waals surface area contributed by atoms with Crippen molar-refractivity contribution in [2.45, 2.75) is 209 Å². The lowest BCUT2D eigenvalue weighted by atomic mass is 9.94. The van der Waals surface area contributed by atoms with Crippen LogP contribution in [0.3, 0.4) is 0 Å². The summed E-state index contributed by atoms with van der Waals surface area (Å²) < 4.78 is 74.1. The molecule has 34 atom stereocenters. The fourth-order valence-electron chi connectivity index (χ4n) is 10.5. The summed E-state index contributed by atoms with van der Waals surface area (Å²) in [6, 6.07) is 0. The first kappa shape index (κ1) is 66.2. The van der Waals surface area contributed by atoms with Crippen molar-refractivity contribution in [1.29, 1.82) is 0 Å². The number of carbonyl (C=O) groups excluding carboxylic acids is 1. The highest BCUT2D eigenvalue weighted by Gasteiger charge is 2.59. The van der Waals surface area contributed by atoms with E-state index in [1.54, 1.807) is 0 Å². The van der Waals surface area contributed by atoms with Crippen LogP contribution in [0.5, 0.6) is 0 Å². The number of ether oxygens (including phenoxy) is 13. The van der Waals surface area contributed by atoms with E-state index < -0.39 is 261 Å². The topological polar surface area (TPSA) is 619 Å². The van der Waals surface area contributed by atoms with Crippen LogP contribution in [0.4, 0.5) is 0 Å². The number of rotatable bonds is 9. The molecule has 1 aromatic heterocycles. The lowest BCUT2D eigenvalue weighted by Crippen LogP contribution is -2.69. The maximum atomic E-state index is 11.2. The van der Waals surface area contributed by atoms with E-state index in [1.165, 1.54) is 0 Å². The predicted molar refractivity (Wildman–Crippen MR) is 247 cm³/mol. The Morgan fingerprint density at radius 2 is 0.566 bits per heavy atom. The molecule has 478 valence electrons. The summed E-state index contributed by atoms with van der Waals surface area (Å²) in [5.41, 5.74) is 4.97. The standard InChI is InChI=1S/C36H60O30.C8H12N4O5/c37-1-7-25-13(43)19(49)31(55-7)62-26-8(2-38)57-33(21(51)15(26)45)64-28-10(4-40)59-35(23(53)17(28)47)66-30-12(6-42)60-36(24(54)18(30)48)65-29-11(5-41)58-34(22(52)16(29)46)63-27-9(3-39)56-32(61-25)20(50)14(27)44;9-6(16)7-10-2-12(11-7)8-5(15)4(14)3(1-13)17-8/h7-54H,1-6H2;2-5,8,13-15H,1H2,(H2,9,16)/t7-,8-,9-,10-,11-,12-,13-,14-,15-,16-,17-,18-,19-,20-,21-,22-,23-,24-,25-,26-,27-,28-,29-,30-,31-,32-,33-,34-,35-,36-;3-,4-,5-,8-/m11/s1. The van der Waals surface area contributed by atoms with Gasteiger partial charge in [-0.15, -0.1) is 5.10 Å². The summed E-state index contributed by atoms with van der Waals surface area (Å²) in [4.78, 5) is 14.4. The average molecular weight is 1220 g/mol. The molecule has 1 aromatic rings. The van der Waals surface area contributed by atoms with Crippen LogP contribution in [0.25, 0.3) is 0 Å². The number of hydrogen-bond donors (Lipinski definition) is 22. The third-order valence-corrected chi connectivity index (χ3v) is 15.2. The molecule has 23 fully saturated rings. The lowest BCUT2D eigenvalue weighted by Gasteiger charge is -2.50. The Balaban J connectivity index is 0.000000451. The smallest absolute Gasteiger partial charge is 0.288 e. The van der Waals surface area contributed by atoms with E-state index in [0.29, 0.717) is 0 Å². The van der Waals surface area contributed by atoms with Crippen LogP contribution in [-0.4, -0.2) is 377 Å². The second-order valence-electron chi connectivity index (χ2n) is 20.5. The highest BCUT2D eigenvalue weighted by Crippen LogP contribution is 2.38. The van der Waals surface area contributed by atoms with Gasteiger partial charge >= 0.3 is 0 Å². The van der Waals surface area contributed by atoms with E-state index in [0.717, 1.165) is 11.0 Å². The first-order valence-corrected chi connectivity index (χ1v) is 26.0. The van der Waals surface area contributed by atoms with Crippen molar-refractivity contribution in [3.63, 3.8) is 0 Å². The third kappa shape index (κ3) is 13.3. The summed E-state index contributed by atoms with van der Waals surface area (Å²) in [6.45, 7) is -6.43. The molecule has 23 saturated heterocycles. The molecule has 0 spiro atoms. The van der Waals surface area contributed by atoms with Crippen LogP contribution in [0.15, 0.2) is 6.33 Å².